The molecule has 0 aliphatic carbocycles. The van der Waals surface area contributed by atoms with Crippen molar-refractivity contribution in [3.05, 3.63) is 65.4 Å². The standard InChI is InChI=1S/C20H22N2O2/c1-14-3-8-19-18(11-14)16(13-22-19)9-10-21-20(23)12-15-4-6-17(24-2)7-5-15/h3-8,11,13,22H,9-10,12H2,1-2H3,(H,21,23). The van der Waals surface area contributed by atoms with Crippen LogP contribution >= 0.6 is 0 Å². The second kappa shape index (κ2) is 7.21. The van der Waals surface area contributed by atoms with Crippen LogP contribution in [0.15, 0.2) is 48.7 Å². The number of hydrogen-bond acceptors (Lipinski definition) is 2. The molecule has 3 aromatic rings. The minimum absolute atomic E-state index is 0.0381. The molecule has 2 N–H and O–H groups in total. The third-order valence-electron chi connectivity index (χ3n) is 4.16. The van der Waals surface area contributed by atoms with Crippen molar-refractivity contribution in [2.24, 2.45) is 0 Å². The van der Waals surface area contributed by atoms with Crippen molar-refractivity contribution in [3.63, 3.8) is 0 Å². The van der Waals surface area contributed by atoms with Gasteiger partial charge in [-0.2, -0.15) is 0 Å². The van der Waals surface area contributed by atoms with Crippen LogP contribution in [0.4, 0.5) is 0 Å². The minimum atomic E-state index is 0.0381. The number of H-pyrrole nitrogens is 1. The lowest BCUT2D eigenvalue weighted by Crippen LogP contribution is -2.27. The Morgan fingerprint density at radius 2 is 1.96 bits per heavy atom. The highest BCUT2D eigenvalue weighted by Crippen LogP contribution is 2.19. The van der Waals surface area contributed by atoms with Crippen molar-refractivity contribution in [2.75, 3.05) is 13.7 Å². The Labute approximate surface area is 141 Å². The fourth-order valence-electron chi connectivity index (χ4n) is 2.83. The van der Waals surface area contributed by atoms with Crippen LogP contribution in [0.2, 0.25) is 0 Å². The van der Waals surface area contributed by atoms with Gasteiger partial charge in [0, 0.05) is 23.6 Å². The van der Waals surface area contributed by atoms with E-state index in [0.717, 1.165) is 23.3 Å². The molecule has 0 unspecified atom stereocenters. The maximum Gasteiger partial charge on any atom is 0.224 e. The fourth-order valence-corrected chi connectivity index (χ4v) is 2.83. The number of hydrogen-bond donors (Lipinski definition) is 2. The molecule has 0 bridgehead atoms. The van der Waals surface area contributed by atoms with Crippen LogP contribution < -0.4 is 10.1 Å². The highest BCUT2D eigenvalue weighted by molar-refractivity contribution is 5.84. The van der Waals surface area contributed by atoms with E-state index in [2.05, 4.69) is 35.4 Å². The first-order valence-electron chi connectivity index (χ1n) is 8.12. The molecule has 3 rings (SSSR count). The molecule has 0 fully saturated rings. The number of ether oxygens (including phenoxy) is 1. The first-order valence-corrected chi connectivity index (χ1v) is 8.12. The third-order valence-corrected chi connectivity index (χ3v) is 4.16. The smallest absolute Gasteiger partial charge is 0.224 e. The second-order valence-electron chi connectivity index (χ2n) is 5.99. The van der Waals surface area contributed by atoms with E-state index >= 15 is 0 Å². The quantitative estimate of drug-likeness (QED) is 0.731. The van der Waals surface area contributed by atoms with Crippen molar-refractivity contribution in [3.8, 4) is 5.75 Å². The van der Waals surface area contributed by atoms with Crippen LogP contribution in [-0.4, -0.2) is 24.5 Å². The lowest BCUT2D eigenvalue weighted by Gasteiger charge is -2.06. The summed E-state index contributed by atoms with van der Waals surface area (Å²) in [5.41, 5.74) is 4.60. The van der Waals surface area contributed by atoms with Crippen LogP contribution in [0.5, 0.6) is 5.75 Å². The summed E-state index contributed by atoms with van der Waals surface area (Å²) in [6.07, 6.45) is 3.23. The van der Waals surface area contributed by atoms with Gasteiger partial charge in [-0.3, -0.25) is 4.79 Å². The SMILES string of the molecule is COc1ccc(CC(=O)NCCc2c[nH]c3ccc(C)cc23)cc1. The van der Waals surface area contributed by atoms with Crippen LogP contribution in [0.25, 0.3) is 10.9 Å². The van der Waals surface area contributed by atoms with Crippen molar-refractivity contribution in [2.45, 2.75) is 19.8 Å². The summed E-state index contributed by atoms with van der Waals surface area (Å²) in [6, 6.07) is 13.9. The molecule has 0 atom stereocenters. The van der Waals surface area contributed by atoms with Gasteiger partial charge in [-0.15, -0.1) is 0 Å². The summed E-state index contributed by atoms with van der Waals surface area (Å²) in [4.78, 5) is 15.3. The maximum atomic E-state index is 12.1. The monoisotopic (exact) mass is 322 g/mol. The van der Waals surface area contributed by atoms with Gasteiger partial charge in [0.2, 0.25) is 5.91 Å². The Balaban J connectivity index is 1.53. The highest BCUT2D eigenvalue weighted by Gasteiger charge is 2.06. The van der Waals surface area contributed by atoms with Crippen molar-refractivity contribution >= 4 is 16.8 Å². The van der Waals surface area contributed by atoms with Crippen LogP contribution in [-0.2, 0) is 17.6 Å². The number of methoxy groups -OCH3 is 1. The van der Waals surface area contributed by atoms with E-state index < -0.39 is 0 Å². The zero-order valence-corrected chi connectivity index (χ0v) is 14.1. The van der Waals surface area contributed by atoms with Gasteiger partial charge in [0.15, 0.2) is 0 Å². The summed E-state index contributed by atoms with van der Waals surface area (Å²) in [6.45, 7) is 2.72. The van der Waals surface area contributed by atoms with Crippen LogP contribution in [0, 0.1) is 6.92 Å². The molecule has 4 heteroatoms. The Hall–Kier alpha value is -2.75. The van der Waals surface area contributed by atoms with E-state index in [4.69, 9.17) is 4.74 Å². The van der Waals surface area contributed by atoms with E-state index in [1.165, 1.54) is 16.5 Å². The summed E-state index contributed by atoms with van der Waals surface area (Å²) < 4.78 is 5.12. The first kappa shape index (κ1) is 16.1. The molecule has 0 aliphatic rings. The number of rotatable bonds is 6. The van der Waals surface area contributed by atoms with Crippen LogP contribution in [0.1, 0.15) is 16.7 Å². The van der Waals surface area contributed by atoms with Crippen molar-refractivity contribution in [1.82, 2.24) is 10.3 Å². The zero-order valence-electron chi connectivity index (χ0n) is 14.1. The van der Waals surface area contributed by atoms with Crippen molar-refractivity contribution in [1.29, 1.82) is 0 Å². The van der Waals surface area contributed by atoms with Gasteiger partial charge in [-0.05, 0) is 48.7 Å². The first-order chi connectivity index (χ1) is 11.7. The predicted molar refractivity (Wildman–Crippen MR) is 96.4 cm³/mol. The number of aryl methyl sites for hydroxylation is 1. The number of benzene rings is 2. The molecular weight excluding hydrogens is 300 g/mol. The molecule has 4 nitrogen and oxygen atoms in total. The van der Waals surface area contributed by atoms with Gasteiger partial charge in [0.05, 0.1) is 13.5 Å². The molecule has 0 radical (unpaired) electrons. The fraction of sp³-hybridized carbons (Fsp3) is 0.250. The molecular formula is C20H22N2O2. The van der Waals surface area contributed by atoms with Crippen molar-refractivity contribution < 1.29 is 9.53 Å². The molecule has 0 aliphatic heterocycles. The number of aromatic nitrogens is 1. The van der Waals surface area contributed by atoms with E-state index in [1.54, 1.807) is 7.11 Å². The highest BCUT2D eigenvalue weighted by atomic mass is 16.5. The normalized spacial score (nSPS) is 10.8. The number of amides is 1. The van der Waals surface area contributed by atoms with Gasteiger partial charge < -0.3 is 15.0 Å². The minimum Gasteiger partial charge on any atom is -0.497 e. The summed E-state index contributed by atoms with van der Waals surface area (Å²) >= 11 is 0. The maximum absolute atomic E-state index is 12.1. The van der Waals surface area contributed by atoms with Gasteiger partial charge in [-0.25, -0.2) is 0 Å². The third kappa shape index (κ3) is 3.77. The number of nitrogens with one attached hydrogen (secondary N) is 2. The van der Waals surface area contributed by atoms with Gasteiger partial charge in [0.25, 0.3) is 0 Å². The van der Waals surface area contributed by atoms with Crippen LogP contribution in [0.3, 0.4) is 0 Å². The topological polar surface area (TPSA) is 54.1 Å². The Morgan fingerprint density at radius 1 is 1.17 bits per heavy atom. The molecule has 0 spiro atoms. The number of aromatic amines is 1. The number of carbonyl (C=O) groups is 1. The van der Waals surface area contributed by atoms with Gasteiger partial charge >= 0.3 is 0 Å². The largest absolute Gasteiger partial charge is 0.497 e. The zero-order chi connectivity index (χ0) is 16.9. The van der Waals surface area contributed by atoms with E-state index in [9.17, 15) is 4.79 Å². The summed E-state index contributed by atoms with van der Waals surface area (Å²) in [5.74, 6) is 0.838. The number of carbonyl (C=O) groups excluding carboxylic acids is 1. The number of fused-ring (bicyclic) bond motifs is 1. The lowest BCUT2D eigenvalue weighted by atomic mass is 10.1. The van der Waals surface area contributed by atoms with E-state index in [0.29, 0.717) is 13.0 Å². The predicted octanol–water partition coefficient (Wildman–Crippen LogP) is 3.39. The Bertz CT molecular complexity index is 834. The van der Waals surface area contributed by atoms with Gasteiger partial charge in [0.1, 0.15) is 5.75 Å². The lowest BCUT2D eigenvalue weighted by molar-refractivity contribution is -0.120. The molecule has 0 saturated carbocycles. The molecule has 1 amide bonds. The summed E-state index contributed by atoms with van der Waals surface area (Å²) in [5, 5.41) is 4.23. The van der Waals surface area contributed by atoms with E-state index in [1.807, 2.05) is 30.5 Å². The molecule has 124 valence electrons. The van der Waals surface area contributed by atoms with E-state index in [-0.39, 0.29) is 5.91 Å². The molecule has 1 aromatic heterocycles. The average molecular weight is 322 g/mol. The molecule has 2 aromatic carbocycles. The summed E-state index contributed by atoms with van der Waals surface area (Å²) in [7, 11) is 1.63. The molecule has 24 heavy (non-hydrogen) atoms. The molecule has 1 heterocycles. The Kier molecular flexibility index (Phi) is 4.85. The Morgan fingerprint density at radius 3 is 2.71 bits per heavy atom. The van der Waals surface area contributed by atoms with Gasteiger partial charge in [-0.1, -0.05) is 23.8 Å². The average Bonchev–Trinajstić information content (AvgIpc) is 2.98. The molecule has 0 saturated heterocycles. The second-order valence-corrected chi connectivity index (χ2v) is 5.99.